The van der Waals surface area contributed by atoms with Gasteiger partial charge in [0.2, 0.25) is 15.9 Å². The Labute approximate surface area is 262 Å². The van der Waals surface area contributed by atoms with Crippen LogP contribution in [0.2, 0.25) is 0 Å². The number of carbonyl (C=O) groups excluding carboxylic acids is 2. The van der Waals surface area contributed by atoms with E-state index in [-0.39, 0.29) is 17.8 Å². The Bertz CT molecular complexity index is 1590. The Morgan fingerprint density at radius 1 is 0.978 bits per heavy atom. The Morgan fingerprint density at radius 3 is 2.27 bits per heavy atom. The molecule has 3 aromatic carbocycles. The number of benzene rings is 3. The molecular weight excluding hydrogens is 604 g/mol. The summed E-state index contributed by atoms with van der Waals surface area (Å²) in [4.78, 5) is 26.5. The number of nitrogens with zero attached hydrogens (tertiary/aromatic N) is 1. The van der Waals surface area contributed by atoms with Crippen molar-refractivity contribution < 1.29 is 31.5 Å². The molecule has 13 heteroatoms. The van der Waals surface area contributed by atoms with Crippen molar-refractivity contribution in [3.8, 4) is 11.5 Å². The minimum atomic E-state index is -3.35. The van der Waals surface area contributed by atoms with E-state index in [0.29, 0.717) is 36.6 Å². The fourth-order valence-corrected chi connectivity index (χ4v) is 5.87. The van der Waals surface area contributed by atoms with Crippen LogP contribution in [-0.2, 0) is 21.4 Å². The number of hydrogen-bond acceptors (Lipinski definition) is 6. The molecule has 3 aromatic rings. The summed E-state index contributed by atoms with van der Waals surface area (Å²) in [6.45, 7) is 4.78. The van der Waals surface area contributed by atoms with Crippen LogP contribution in [0.4, 0.5) is 30.6 Å². The highest BCUT2D eigenvalue weighted by Crippen LogP contribution is 2.28. The lowest BCUT2D eigenvalue weighted by molar-refractivity contribution is -0.114. The zero-order valence-electron chi connectivity index (χ0n) is 25.5. The molecule has 0 spiro atoms. The highest BCUT2D eigenvalue weighted by molar-refractivity contribution is 7.92. The Balaban J connectivity index is 1.33. The van der Waals surface area contributed by atoms with Crippen LogP contribution in [0.3, 0.4) is 0 Å². The average Bonchev–Trinajstić information content (AvgIpc) is 2.98. The number of nitrogens with one attached hydrogen (secondary N) is 4. The van der Waals surface area contributed by atoms with Crippen molar-refractivity contribution in [1.82, 2.24) is 10.2 Å². The summed E-state index contributed by atoms with van der Waals surface area (Å²) in [5.41, 5.74) is 0.719. The van der Waals surface area contributed by atoms with Gasteiger partial charge in [0, 0.05) is 37.8 Å². The van der Waals surface area contributed by atoms with Crippen LogP contribution in [0.1, 0.15) is 51.5 Å². The first-order valence-corrected chi connectivity index (χ1v) is 16.7. The number of halogens is 2. The number of piperidine rings is 1. The number of hydrogen-bond donors (Lipinski definition) is 4. The number of unbranched alkanes of at least 4 members (excludes halogenated alkanes) is 1. The highest BCUT2D eigenvalue weighted by atomic mass is 32.2. The molecule has 0 bridgehead atoms. The van der Waals surface area contributed by atoms with Gasteiger partial charge in [0.1, 0.15) is 23.0 Å². The van der Waals surface area contributed by atoms with Gasteiger partial charge in [-0.25, -0.2) is 22.0 Å². The van der Waals surface area contributed by atoms with Gasteiger partial charge in [0.25, 0.3) is 0 Å². The first-order chi connectivity index (χ1) is 21.4. The molecule has 3 amide bonds. The second-order valence-corrected chi connectivity index (χ2v) is 12.9. The number of carbonyl (C=O) groups is 2. The number of amides is 3. The molecular formula is C32H39F2N5O5S. The minimum Gasteiger partial charge on any atom is -0.457 e. The predicted octanol–water partition coefficient (Wildman–Crippen LogP) is 6.43. The van der Waals surface area contributed by atoms with Crippen molar-refractivity contribution in [2.24, 2.45) is 0 Å². The van der Waals surface area contributed by atoms with Gasteiger partial charge in [0.15, 0.2) is 5.82 Å². The maximum Gasteiger partial charge on any atom is 0.319 e. The molecule has 10 nitrogen and oxygen atoms in total. The van der Waals surface area contributed by atoms with Crippen LogP contribution < -0.4 is 25.4 Å². The highest BCUT2D eigenvalue weighted by Gasteiger charge is 2.29. The summed E-state index contributed by atoms with van der Waals surface area (Å²) in [5.74, 6) is -1.28. The van der Waals surface area contributed by atoms with E-state index in [4.69, 9.17) is 4.74 Å². The van der Waals surface area contributed by atoms with Gasteiger partial charge in [-0.1, -0.05) is 31.9 Å². The van der Waals surface area contributed by atoms with E-state index in [1.165, 1.54) is 6.92 Å². The van der Waals surface area contributed by atoms with Gasteiger partial charge >= 0.3 is 6.03 Å². The van der Waals surface area contributed by atoms with Crippen LogP contribution >= 0.6 is 0 Å². The van der Waals surface area contributed by atoms with Crippen molar-refractivity contribution in [1.29, 1.82) is 0 Å². The molecule has 4 N–H and O–H groups in total. The standard InChI is InChI=1S/C32H39F2N5O5S/c1-4-5-6-25-19-24(36-32(41)37-31-28(33)15-16-29(30(31)34)35-21(2)40)17-18-39(25)20-22-7-11-26(12-8-22)44-27-13-9-23(10-14-27)38-45(3,42)43/h7-16,24-25,38H,4-6,17-20H2,1-3H3,(H,35,40)(H2,36,37,41). The van der Waals surface area contributed by atoms with Gasteiger partial charge < -0.3 is 20.7 Å². The molecule has 0 aliphatic carbocycles. The topological polar surface area (TPSA) is 129 Å². The number of rotatable bonds is 12. The number of ether oxygens (including phenoxy) is 1. The normalized spacial score (nSPS) is 16.9. The first kappa shape index (κ1) is 33.7. The van der Waals surface area contributed by atoms with Gasteiger partial charge in [-0.15, -0.1) is 0 Å². The van der Waals surface area contributed by atoms with E-state index in [9.17, 15) is 26.8 Å². The molecule has 1 saturated heterocycles. The lowest BCUT2D eigenvalue weighted by Crippen LogP contribution is -2.50. The number of likely N-dealkylation sites (tertiary alicyclic amines) is 1. The molecule has 1 fully saturated rings. The molecule has 1 aliphatic rings. The first-order valence-electron chi connectivity index (χ1n) is 14.8. The second kappa shape index (κ2) is 15.2. The third-order valence-corrected chi connectivity index (χ3v) is 8.01. The molecule has 0 radical (unpaired) electrons. The fraction of sp³-hybridized carbons (Fsp3) is 0.375. The van der Waals surface area contributed by atoms with Crippen molar-refractivity contribution in [3.63, 3.8) is 0 Å². The van der Waals surface area contributed by atoms with Gasteiger partial charge in [-0.3, -0.25) is 14.4 Å². The van der Waals surface area contributed by atoms with E-state index in [2.05, 4.69) is 32.5 Å². The maximum absolute atomic E-state index is 14.8. The largest absolute Gasteiger partial charge is 0.457 e. The van der Waals surface area contributed by atoms with E-state index in [1.54, 1.807) is 24.3 Å². The van der Waals surface area contributed by atoms with E-state index in [1.807, 2.05) is 24.3 Å². The summed E-state index contributed by atoms with van der Waals surface area (Å²) in [6, 6.07) is 15.8. The van der Waals surface area contributed by atoms with Gasteiger partial charge in [0.05, 0.1) is 11.9 Å². The summed E-state index contributed by atoms with van der Waals surface area (Å²) < 4.78 is 60.2. The zero-order chi connectivity index (χ0) is 32.6. The van der Waals surface area contributed by atoms with Gasteiger partial charge in [-0.2, -0.15) is 0 Å². The van der Waals surface area contributed by atoms with Crippen LogP contribution in [0, 0.1) is 11.6 Å². The zero-order valence-corrected chi connectivity index (χ0v) is 26.3. The van der Waals surface area contributed by atoms with Crippen LogP contribution in [-0.4, -0.2) is 50.1 Å². The monoisotopic (exact) mass is 643 g/mol. The SMILES string of the molecule is CCCCC1CC(NC(=O)Nc2c(F)ccc(NC(C)=O)c2F)CCN1Cc1ccc(Oc2ccc(NS(C)(=O)=O)cc2)cc1. The predicted molar refractivity (Wildman–Crippen MR) is 171 cm³/mol. The minimum absolute atomic E-state index is 0.178. The van der Waals surface area contributed by atoms with E-state index >= 15 is 0 Å². The second-order valence-electron chi connectivity index (χ2n) is 11.2. The number of sulfonamides is 1. The van der Waals surface area contributed by atoms with Crippen molar-refractivity contribution in [2.45, 2.75) is 64.6 Å². The molecule has 45 heavy (non-hydrogen) atoms. The Morgan fingerprint density at radius 2 is 1.64 bits per heavy atom. The van der Waals surface area contributed by atoms with Crippen LogP contribution in [0.25, 0.3) is 0 Å². The Hall–Kier alpha value is -4.23. The van der Waals surface area contributed by atoms with Crippen LogP contribution in [0.15, 0.2) is 60.7 Å². The molecule has 1 aliphatic heterocycles. The fourth-order valence-electron chi connectivity index (χ4n) is 5.31. The van der Waals surface area contributed by atoms with Crippen LogP contribution in [0.5, 0.6) is 11.5 Å². The summed E-state index contributed by atoms with van der Waals surface area (Å²) in [6.07, 6.45) is 5.45. The third-order valence-electron chi connectivity index (χ3n) is 7.41. The molecule has 0 aromatic heterocycles. The summed E-state index contributed by atoms with van der Waals surface area (Å²) in [7, 11) is -3.35. The average molecular weight is 644 g/mol. The molecule has 0 saturated carbocycles. The molecule has 4 rings (SSSR count). The molecule has 2 atom stereocenters. The lowest BCUT2D eigenvalue weighted by atomic mass is 9.93. The number of urea groups is 1. The molecule has 242 valence electrons. The van der Waals surface area contributed by atoms with Crippen molar-refractivity contribution in [3.05, 3.63) is 77.9 Å². The molecule has 2 unspecified atom stereocenters. The number of anilines is 3. The van der Waals surface area contributed by atoms with Gasteiger partial charge in [-0.05, 0) is 73.4 Å². The maximum atomic E-state index is 14.8. The smallest absolute Gasteiger partial charge is 0.319 e. The quantitative estimate of drug-likeness (QED) is 0.180. The van der Waals surface area contributed by atoms with E-state index in [0.717, 1.165) is 49.8 Å². The van der Waals surface area contributed by atoms with E-state index < -0.39 is 39.3 Å². The summed E-state index contributed by atoms with van der Waals surface area (Å²) >= 11 is 0. The Kier molecular flexibility index (Phi) is 11.3. The lowest BCUT2D eigenvalue weighted by Gasteiger charge is -2.40. The van der Waals surface area contributed by atoms with Crippen molar-refractivity contribution >= 4 is 39.0 Å². The third kappa shape index (κ3) is 10.1. The summed E-state index contributed by atoms with van der Waals surface area (Å²) in [5, 5.41) is 7.43. The molecule has 1 heterocycles. The van der Waals surface area contributed by atoms with Crippen molar-refractivity contribution in [2.75, 3.05) is 28.2 Å².